The number of nitrogens with zero attached hydrogens (tertiary/aromatic N) is 1. The number of benzene rings is 2. The van der Waals surface area contributed by atoms with E-state index in [1.807, 2.05) is 0 Å². The minimum Gasteiger partial charge on any atom is -0.479 e. The smallest absolute Gasteiger partial charge is 0.203 e. The molecule has 0 spiro atoms. The van der Waals surface area contributed by atoms with Gasteiger partial charge in [0.25, 0.3) is 0 Å². The molecule has 2 aromatic carbocycles. The van der Waals surface area contributed by atoms with Crippen molar-refractivity contribution in [2.75, 3.05) is 6.61 Å². The van der Waals surface area contributed by atoms with Crippen molar-refractivity contribution < 1.29 is 27.1 Å². The zero-order chi connectivity index (χ0) is 20.6. The van der Waals surface area contributed by atoms with Crippen LogP contribution >= 0.6 is 11.6 Å². The monoisotopic (exact) mass is 411 g/mol. The van der Waals surface area contributed by atoms with Gasteiger partial charge in [0.2, 0.25) is 17.4 Å². The first-order valence-corrected chi connectivity index (χ1v) is 8.52. The number of hydrogen-bond donors (Lipinski definition) is 0. The molecule has 3 nitrogen and oxygen atoms in total. The molecule has 0 unspecified atom stereocenters. The number of ketones is 1. The van der Waals surface area contributed by atoms with Gasteiger partial charge in [-0.2, -0.15) is 8.78 Å². The summed E-state index contributed by atoms with van der Waals surface area (Å²) >= 11 is 5.89. The second-order valence-electron chi connectivity index (χ2n) is 6.11. The highest BCUT2D eigenvalue weighted by Gasteiger charge is 2.23. The fourth-order valence-corrected chi connectivity index (χ4v) is 3.05. The van der Waals surface area contributed by atoms with E-state index in [1.54, 1.807) is 48.7 Å². The average molecular weight is 412 g/mol. The Balaban J connectivity index is 1.87. The van der Waals surface area contributed by atoms with Gasteiger partial charge in [-0.1, -0.05) is 11.6 Å². The normalized spacial score (nSPS) is 11.0. The van der Waals surface area contributed by atoms with E-state index < -0.39 is 41.4 Å². The summed E-state index contributed by atoms with van der Waals surface area (Å²) in [7, 11) is 0. The molecule has 0 N–H and O–H groups in total. The van der Waals surface area contributed by atoms with Crippen LogP contribution in [0.2, 0.25) is 5.02 Å². The van der Waals surface area contributed by atoms with Gasteiger partial charge in [0.1, 0.15) is 0 Å². The van der Waals surface area contributed by atoms with Gasteiger partial charge in [-0.05, 0) is 44.2 Å². The third-order valence-corrected chi connectivity index (χ3v) is 4.49. The molecule has 3 rings (SSSR count). The molecule has 146 valence electrons. The highest BCUT2D eigenvalue weighted by molar-refractivity contribution is 6.30. The van der Waals surface area contributed by atoms with Gasteiger partial charge in [0, 0.05) is 33.7 Å². The average Bonchev–Trinajstić information content (AvgIpc) is 2.95. The number of halogens is 5. The highest BCUT2D eigenvalue weighted by Crippen LogP contribution is 2.27. The standard InChI is InChI=1S/C20H14ClF4NO2/c1-10-7-14(11(2)26(10)13-5-3-12(21)4-6-13)17(27)9-28-20-18(24)15(22)8-16(23)19(20)25/h3-8H,9H2,1-2H3. The molecule has 3 aromatic rings. The topological polar surface area (TPSA) is 31.2 Å². The summed E-state index contributed by atoms with van der Waals surface area (Å²) in [4.78, 5) is 12.5. The fraction of sp³-hybridized carbons (Fsp3) is 0.150. The maximum Gasteiger partial charge on any atom is 0.203 e. The van der Waals surface area contributed by atoms with E-state index in [0.29, 0.717) is 10.7 Å². The molecule has 0 atom stereocenters. The van der Waals surface area contributed by atoms with E-state index in [-0.39, 0.29) is 11.6 Å². The van der Waals surface area contributed by atoms with E-state index in [9.17, 15) is 22.4 Å². The molecule has 0 saturated carbocycles. The minimum atomic E-state index is -1.70. The Hall–Kier alpha value is -2.80. The van der Waals surface area contributed by atoms with Crippen LogP contribution in [-0.4, -0.2) is 17.0 Å². The highest BCUT2D eigenvalue weighted by atomic mass is 35.5. The fourth-order valence-electron chi connectivity index (χ4n) is 2.93. The first-order valence-electron chi connectivity index (χ1n) is 8.14. The largest absolute Gasteiger partial charge is 0.479 e. The Morgan fingerprint density at radius 2 is 1.57 bits per heavy atom. The van der Waals surface area contributed by atoms with Crippen LogP contribution in [-0.2, 0) is 0 Å². The number of Topliss-reactive ketones (excluding diaryl/α,β-unsaturated/α-hetero) is 1. The quantitative estimate of drug-likeness (QED) is 0.312. The molecule has 0 saturated heterocycles. The summed E-state index contributed by atoms with van der Waals surface area (Å²) in [5.41, 5.74) is 2.32. The van der Waals surface area contributed by atoms with Gasteiger partial charge in [0.15, 0.2) is 24.0 Å². The predicted octanol–water partition coefficient (Wildman–Crippen LogP) is 5.57. The third kappa shape index (κ3) is 3.62. The Bertz CT molecular complexity index is 1040. The van der Waals surface area contributed by atoms with Gasteiger partial charge in [-0.15, -0.1) is 0 Å². The molecular formula is C20H14ClF4NO2. The molecule has 0 aliphatic rings. The van der Waals surface area contributed by atoms with Crippen LogP contribution in [0.1, 0.15) is 21.7 Å². The minimum absolute atomic E-state index is 0.0685. The van der Waals surface area contributed by atoms with Gasteiger partial charge >= 0.3 is 0 Å². The summed E-state index contributed by atoms with van der Waals surface area (Å²) in [5, 5.41) is 0.558. The van der Waals surface area contributed by atoms with Crippen molar-refractivity contribution in [2.45, 2.75) is 13.8 Å². The first-order chi connectivity index (χ1) is 13.2. The Kier molecular flexibility index (Phi) is 5.47. The van der Waals surface area contributed by atoms with Crippen LogP contribution in [0.4, 0.5) is 17.6 Å². The lowest BCUT2D eigenvalue weighted by atomic mass is 10.1. The number of carbonyl (C=O) groups excluding carboxylic acids is 1. The molecule has 1 aromatic heterocycles. The van der Waals surface area contributed by atoms with Crippen molar-refractivity contribution in [1.29, 1.82) is 0 Å². The molecule has 1 heterocycles. The van der Waals surface area contributed by atoms with Crippen LogP contribution in [0.25, 0.3) is 5.69 Å². The summed E-state index contributed by atoms with van der Waals surface area (Å²) in [6.07, 6.45) is 0. The van der Waals surface area contributed by atoms with Crippen LogP contribution < -0.4 is 4.74 Å². The number of aromatic nitrogens is 1. The maximum absolute atomic E-state index is 13.7. The second-order valence-corrected chi connectivity index (χ2v) is 6.54. The van der Waals surface area contributed by atoms with Crippen LogP contribution in [0.15, 0.2) is 36.4 Å². The number of aryl methyl sites for hydroxylation is 1. The molecule has 28 heavy (non-hydrogen) atoms. The molecule has 0 amide bonds. The van der Waals surface area contributed by atoms with Crippen LogP contribution in [0.5, 0.6) is 5.75 Å². The van der Waals surface area contributed by atoms with Crippen molar-refractivity contribution in [3.05, 3.63) is 81.6 Å². The summed E-state index contributed by atoms with van der Waals surface area (Å²) < 4.78 is 60.4. The van der Waals surface area contributed by atoms with Crippen molar-refractivity contribution in [2.24, 2.45) is 0 Å². The summed E-state index contributed by atoms with van der Waals surface area (Å²) in [5.74, 6) is -8.48. The van der Waals surface area contributed by atoms with E-state index in [4.69, 9.17) is 16.3 Å². The number of carbonyl (C=O) groups is 1. The Morgan fingerprint density at radius 1 is 1.00 bits per heavy atom. The molecule has 0 aliphatic carbocycles. The Morgan fingerprint density at radius 3 is 2.14 bits per heavy atom. The molecule has 8 heteroatoms. The predicted molar refractivity (Wildman–Crippen MR) is 96.4 cm³/mol. The van der Waals surface area contributed by atoms with Crippen LogP contribution in [0.3, 0.4) is 0 Å². The van der Waals surface area contributed by atoms with Gasteiger partial charge < -0.3 is 9.30 Å². The Labute approximate surface area is 163 Å². The zero-order valence-corrected chi connectivity index (χ0v) is 15.6. The van der Waals surface area contributed by atoms with E-state index in [1.165, 1.54) is 0 Å². The van der Waals surface area contributed by atoms with Crippen molar-refractivity contribution in [1.82, 2.24) is 4.57 Å². The SMILES string of the molecule is Cc1cc(C(=O)COc2c(F)c(F)cc(F)c2F)c(C)n1-c1ccc(Cl)cc1. The van der Waals surface area contributed by atoms with Crippen molar-refractivity contribution in [3.8, 4) is 11.4 Å². The van der Waals surface area contributed by atoms with Crippen molar-refractivity contribution in [3.63, 3.8) is 0 Å². The second kappa shape index (κ2) is 7.67. The first kappa shape index (κ1) is 19.9. The number of ether oxygens (including phenoxy) is 1. The number of rotatable bonds is 5. The van der Waals surface area contributed by atoms with Gasteiger partial charge in [-0.25, -0.2) is 8.78 Å². The maximum atomic E-state index is 13.7. The van der Waals surface area contributed by atoms with Crippen molar-refractivity contribution >= 4 is 17.4 Å². The molecule has 0 bridgehead atoms. The molecule has 0 aliphatic heterocycles. The molecule has 0 fully saturated rings. The number of hydrogen-bond acceptors (Lipinski definition) is 2. The zero-order valence-electron chi connectivity index (χ0n) is 14.8. The van der Waals surface area contributed by atoms with E-state index >= 15 is 0 Å². The van der Waals surface area contributed by atoms with Crippen LogP contribution in [0, 0.1) is 37.1 Å². The van der Waals surface area contributed by atoms with E-state index in [2.05, 4.69) is 0 Å². The summed E-state index contributed by atoms with van der Waals surface area (Å²) in [6.45, 7) is 2.68. The lowest BCUT2D eigenvalue weighted by molar-refractivity contribution is 0.0913. The van der Waals surface area contributed by atoms with Gasteiger partial charge in [-0.3, -0.25) is 4.79 Å². The van der Waals surface area contributed by atoms with E-state index in [0.717, 1.165) is 11.4 Å². The van der Waals surface area contributed by atoms with Gasteiger partial charge in [0.05, 0.1) is 0 Å². The third-order valence-electron chi connectivity index (χ3n) is 4.24. The molecule has 0 radical (unpaired) electrons. The lowest BCUT2D eigenvalue weighted by Gasteiger charge is -2.11. The lowest BCUT2D eigenvalue weighted by Crippen LogP contribution is -2.15. The summed E-state index contributed by atoms with van der Waals surface area (Å²) in [6, 6.07) is 8.60. The molecular weight excluding hydrogens is 398 g/mol.